The number of hydrogen-bond donors (Lipinski definition) is 1. The first-order valence-corrected chi connectivity index (χ1v) is 8.66. The number of benzene rings is 1. The van der Waals surface area contributed by atoms with Crippen LogP contribution >= 0.6 is 11.6 Å². The number of likely N-dealkylation sites (N-methyl/N-ethyl adjacent to an activating group) is 2. The van der Waals surface area contributed by atoms with Gasteiger partial charge in [0.25, 0.3) is 5.24 Å². The minimum absolute atomic E-state index is 0.140. The van der Waals surface area contributed by atoms with Crippen molar-refractivity contribution in [2.75, 3.05) is 56.7 Å². The second-order valence-corrected chi connectivity index (χ2v) is 5.95. The van der Waals surface area contributed by atoms with Gasteiger partial charge >= 0.3 is 12.1 Å². The summed E-state index contributed by atoms with van der Waals surface area (Å²) in [4.78, 5) is 26.0. The summed E-state index contributed by atoms with van der Waals surface area (Å²) < 4.78 is 44.0. The zero-order valence-electron chi connectivity index (χ0n) is 15.4. The number of halogens is 4. The van der Waals surface area contributed by atoms with Crippen LogP contribution in [0.3, 0.4) is 0 Å². The molecule has 1 rings (SSSR count). The molecule has 1 N–H and O–H groups in total. The van der Waals surface area contributed by atoms with Crippen LogP contribution in [-0.2, 0) is 9.53 Å². The van der Waals surface area contributed by atoms with E-state index in [0.29, 0.717) is 30.2 Å². The first-order valence-electron chi connectivity index (χ1n) is 8.28. The number of methoxy groups -OCH3 is 1. The lowest BCUT2D eigenvalue weighted by Gasteiger charge is -2.28. The van der Waals surface area contributed by atoms with Gasteiger partial charge in [-0.15, -0.1) is 0 Å². The number of hydrogen-bond acceptors (Lipinski definition) is 5. The van der Waals surface area contributed by atoms with E-state index in [4.69, 9.17) is 16.3 Å². The van der Waals surface area contributed by atoms with Crippen molar-refractivity contribution in [2.24, 2.45) is 0 Å². The van der Waals surface area contributed by atoms with Crippen LogP contribution in [0.2, 0.25) is 0 Å². The summed E-state index contributed by atoms with van der Waals surface area (Å²) in [5.41, 5.74) is 0.190. The van der Waals surface area contributed by atoms with E-state index in [1.807, 2.05) is 11.8 Å². The largest absolute Gasteiger partial charge is 0.471 e. The fourth-order valence-electron chi connectivity index (χ4n) is 2.49. The molecule has 0 aliphatic carbocycles. The number of carbonyl (C=O) groups is 2. The molecule has 152 valence electrons. The summed E-state index contributed by atoms with van der Waals surface area (Å²) in [6, 6.07) is 4.28. The molecule has 0 unspecified atom stereocenters. The Labute approximate surface area is 161 Å². The molecular weight excluding hydrogens is 387 g/mol. The second kappa shape index (κ2) is 10.5. The van der Waals surface area contributed by atoms with Gasteiger partial charge in [0.05, 0.1) is 17.9 Å². The van der Waals surface area contributed by atoms with Crippen molar-refractivity contribution in [3.8, 4) is 0 Å². The highest BCUT2D eigenvalue weighted by Crippen LogP contribution is 2.31. The third kappa shape index (κ3) is 6.37. The van der Waals surface area contributed by atoms with Crippen LogP contribution < -0.4 is 15.1 Å². The predicted octanol–water partition coefficient (Wildman–Crippen LogP) is 2.65. The molecule has 1 aromatic rings. The average Bonchev–Trinajstić information content (AvgIpc) is 2.61. The van der Waals surface area contributed by atoms with Crippen molar-refractivity contribution in [3.05, 3.63) is 23.8 Å². The van der Waals surface area contributed by atoms with Gasteiger partial charge in [-0.05, 0) is 43.8 Å². The Bertz CT molecular complexity index is 656. The van der Waals surface area contributed by atoms with E-state index in [2.05, 4.69) is 5.32 Å². The highest BCUT2D eigenvalue weighted by molar-refractivity contribution is 6.68. The maximum absolute atomic E-state index is 13.1. The van der Waals surface area contributed by atoms with Crippen molar-refractivity contribution in [2.45, 2.75) is 13.1 Å². The zero-order chi connectivity index (χ0) is 20.6. The molecule has 0 atom stereocenters. The van der Waals surface area contributed by atoms with Crippen molar-refractivity contribution in [1.82, 2.24) is 5.32 Å². The third-order valence-corrected chi connectivity index (χ3v) is 4.07. The quantitative estimate of drug-likeness (QED) is 0.602. The highest BCUT2D eigenvalue weighted by atomic mass is 35.5. The fourth-order valence-corrected chi connectivity index (χ4v) is 2.65. The van der Waals surface area contributed by atoms with E-state index in [1.54, 1.807) is 13.1 Å². The number of anilines is 2. The molecule has 0 heterocycles. The predicted molar refractivity (Wildman–Crippen MR) is 98.7 cm³/mol. The number of nitrogens with zero attached hydrogens (tertiary/aromatic N) is 2. The van der Waals surface area contributed by atoms with Crippen LogP contribution in [0.5, 0.6) is 0 Å². The number of nitrogens with one attached hydrogen (secondary N) is 1. The molecule has 0 bridgehead atoms. The van der Waals surface area contributed by atoms with E-state index in [1.165, 1.54) is 19.2 Å². The van der Waals surface area contributed by atoms with Gasteiger partial charge in [0.1, 0.15) is 0 Å². The average molecular weight is 410 g/mol. The van der Waals surface area contributed by atoms with Crippen LogP contribution in [0.4, 0.5) is 24.5 Å². The molecule has 1 amide bonds. The van der Waals surface area contributed by atoms with Crippen molar-refractivity contribution < 1.29 is 27.5 Å². The van der Waals surface area contributed by atoms with Crippen LogP contribution in [0.25, 0.3) is 0 Å². The van der Waals surface area contributed by atoms with Gasteiger partial charge in [-0.1, -0.05) is 0 Å². The fraction of sp³-hybridized carbons (Fsp3) is 0.529. The topological polar surface area (TPSA) is 61.9 Å². The van der Waals surface area contributed by atoms with Crippen molar-refractivity contribution in [3.63, 3.8) is 0 Å². The summed E-state index contributed by atoms with van der Waals surface area (Å²) in [6.45, 7) is 3.19. The lowest BCUT2D eigenvalue weighted by atomic mass is 10.1. The standard InChI is InChI=1S/C17H23ClF3N3O3/c1-4-23(8-7-22-2)12-5-6-13(15(18)25)14(11-12)24(9-10-27-3)16(26)17(19,20)21/h5-6,11,22H,4,7-10H2,1-3H3. The van der Waals surface area contributed by atoms with Gasteiger partial charge in [-0.2, -0.15) is 13.2 Å². The smallest absolute Gasteiger partial charge is 0.383 e. The van der Waals surface area contributed by atoms with Gasteiger partial charge in [-0.25, -0.2) is 0 Å². The zero-order valence-corrected chi connectivity index (χ0v) is 16.2. The molecule has 0 radical (unpaired) electrons. The number of alkyl halides is 3. The van der Waals surface area contributed by atoms with Gasteiger partial charge in [0.2, 0.25) is 0 Å². The van der Waals surface area contributed by atoms with Gasteiger partial charge in [-0.3, -0.25) is 9.59 Å². The van der Waals surface area contributed by atoms with E-state index >= 15 is 0 Å². The molecule has 0 spiro atoms. The van der Waals surface area contributed by atoms with Crippen LogP contribution in [0, 0.1) is 0 Å². The molecule has 10 heteroatoms. The highest BCUT2D eigenvalue weighted by Gasteiger charge is 2.43. The third-order valence-electron chi connectivity index (χ3n) is 3.87. The molecule has 0 saturated carbocycles. The molecular formula is C17H23ClF3N3O3. The SMILES string of the molecule is CCN(CCNC)c1ccc(C(=O)Cl)c(N(CCOC)C(=O)C(F)(F)F)c1. The number of rotatable bonds is 10. The van der Waals surface area contributed by atoms with Gasteiger partial charge in [0, 0.05) is 39.0 Å². The molecule has 6 nitrogen and oxygen atoms in total. The number of carbonyl (C=O) groups excluding carboxylic acids is 2. The van der Waals surface area contributed by atoms with Gasteiger partial charge in [0.15, 0.2) is 0 Å². The Morgan fingerprint density at radius 2 is 1.93 bits per heavy atom. The lowest BCUT2D eigenvalue weighted by molar-refractivity contribution is -0.170. The Kier molecular flexibility index (Phi) is 9.01. The Balaban J connectivity index is 3.45. The summed E-state index contributed by atoms with van der Waals surface area (Å²) >= 11 is 5.54. The molecule has 0 aromatic heterocycles. The molecule has 0 aliphatic heterocycles. The molecule has 0 aliphatic rings. The molecule has 1 aromatic carbocycles. The summed E-state index contributed by atoms with van der Waals surface area (Å²) in [5.74, 6) is -2.09. The Hall–Kier alpha value is -1.84. The summed E-state index contributed by atoms with van der Waals surface area (Å²) in [7, 11) is 3.08. The first kappa shape index (κ1) is 23.2. The van der Waals surface area contributed by atoms with E-state index in [-0.39, 0.29) is 24.4 Å². The van der Waals surface area contributed by atoms with Crippen molar-refractivity contribution >= 4 is 34.1 Å². The molecule has 27 heavy (non-hydrogen) atoms. The Morgan fingerprint density at radius 3 is 2.41 bits per heavy atom. The molecule has 0 fully saturated rings. The lowest BCUT2D eigenvalue weighted by Crippen LogP contribution is -2.43. The molecule has 0 saturated heterocycles. The minimum Gasteiger partial charge on any atom is -0.383 e. The monoisotopic (exact) mass is 409 g/mol. The summed E-state index contributed by atoms with van der Waals surface area (Å²) in [6.07, 6.45) is -5.10. The maximum atomic E-state index is 13.1. The van der Waals surface area contributed by atoms with Crippen molar-refractivity contribution in [1.29, 1.82) is 0 Å². The maximum Gasteiger partial charge on any atom is 0.471 e. The van der Waals surface area contributed by atoms with E-state index < -0.39 is 17.3 Å². The first-order chi connectivity index (χ1) is 12.7. The van der Waals surface area contributed by atoms with Crippen LogP contribution in [-0.4, -0.2) is 64.3 Å². The number of ether oxygens (including phenoxy) is 1. The van der Waals surface area contributed by atoms with Gasteiger partial charge < -0.3 is 19.9 Å². The summed E-state index contributed by atoms with van der Waals surface area (Å²) in [5, 5.41) is 2.04. The Morgan fingerprint density at radius 1 is 1.26 bits per heavy atom. The number of amides is 1. The minimum atomic E-state index is -5.10. The van der Waals surface area contributed by atoms with Crippen LogP contribution in [0.1, 0.15) is 17.3 Å². The normalized spacial score (nSPS) is 11.4. The second-order valence-electron chi connectivity index (χ2n) is 5.61. The van der Waals surface area contributed by atoms with Crippen LogP contribution in [0.15, 0.2) is 18.2 Å². The van der Waals surface area contributed by atoms with E-state index in [0.717, 1.165) is 0 Å². The van der Waals surface area contributed by atoms with E-state index in [9.17, 15) is 22.8 Å².